The van der Waals surface area contributed by atoms with E-state index in [1.54, 1.807) is 12.5 Å². The van der Waals surface area contributed by atoms with Gasteiger partial charge < -0.3 is 10.2 Å². The standard InChI is InChI=1S/C12H11BrINO/c13-9-1-2-11(14)10(6-9)12(15)5-8-3-4-16-7-8/h1-4,6-7,12H,5,15H2. The number of hydrogen-bond acceptors (Lipinski definition) is 2. The summed E-state index contributed by atoms with van der Waals surface area (Å²) in [5.41, 5.74) is 8.48. The molecule has 0 aliphatic carbocycles. The highest BCUT2D eigenvalue weighted by molar-refractivity contribution is 14.1. The van der Waals surface area contributed by atoms with Gasteiger partial charge in [0.1, 0.15) is 0 Å². The van der Waals surface area contributed by atoms with E-state index >= 15 is 0 Å². The van der Waals surface area contributed by atoms with Crippen molar-refractivity contribution >= 4 is 38.5 Å². The van der Waals surface area contributed by atoms with Crippen molar-refractivity contribution in [3.63, 3.8) is 0 Å². The SMILES string of the molecule is NC(Cc1ccoc1)c1cc(Br)ccc1I. The Morgan fingerprint density at radius 1 is 1.38 bits per heavy atom. The fourth-order valence-electron chi connectivity index (χ4n) is 1.57. The van der Waals surface area contributed by atoms with Crippen LogP contribution < -0.4 is 5.73 Å². The van der Waals surface area contributed by atoms with Gasteiger partial charge in [-0.1, -0.05) is 15.9 Å². The van der Waals surface area contributed by atoms with Gasteiger partial charge in [-0.3, -0.25) is 0 Å². The lowest BCUT2D eigenvalue weighted by Gasteiger charge is -2.13. The van der Waals surface area contributed by atoms with Crippen molar-refractivity contribution in [2.45, 2.75) is 12.5 Å². The van der Waals surface area contributed by atoms with Gasteiger partial charge in [-0.15, -0.1) is 0 Å². The first-order valence-electron chi connectivity index (χ1n) is 4.88. The fourth-order valence-corrected chi connectivity index (χ4v) is 2.69. The Kier molecular flexibility index (Phi) is 4.05. The van der Waals surface area contributed by atoms with Crippen LogP contribution in [0.2, 0.25) is 0 Å². The minimum Gasteiger partial charge on any atom is -0.472 e. The number of rotatable bonds is 3. The summed E-state index contributed by atoms with van der Waals surface area (Å²) in [6.45, 7) is 0. The molecule has 1 aromatic heterocycles. The summed E-state index contributed by atoms with van der Waals surface area (Å²) in [4.78, 5) is 0. The van der Waals surface area contributed by atoms with E-state index in [0.29, 0.717) is 0 Å². The molecule has 0 saturated heterocycles. The largest absolute Gasteiger partial charge is 0.472 e. The van der Waals surface area contributed by atoms with Crippen molar-refractivity contribution in [1.29, 1.82) is 0 Å². The summed E-state index contributed by atoms with van der Waals surface area (Å²) in [6, 6.07) is 8.12. The van der Waals surface area contributed by atoms with Crippen molar-refractivity contribution < 1.29 is 4.42 Å². The Labute approximate surface area is 116 Å². The number of hydrogen-bond donors (Lipinski definition) is 1. The molecule has 0 bridgehead atoms. The van der Waals surface area contributed by atoms with Gasteiger partial charge in [0.15, 0.2) is 0 Å². The molecule has 4 heteroatoms. The fraction of sp³-hybridized carbons (Fsp3) is 0.167. The Hall–Kier alpha value is -0.330. The summed E-state index contributed by atoms with van der Waals surface area (Å²) in [6.07, 6.45) is 4.21. The van der Waals surface area contributed by atoms with Crippen molar-refractivity contribution in [3.05, 3.63) is 56.0 Å². The Bertz CT molecular complexity index is 470. The lowest BCUT2D eigenvalue weighted by Crippen LogP contribution is -2.14. The zero-order valence-corrected chi connectivity index (χ0v) is 12.2. The van der Waals surface area contributed by atoms with Crippen molar-refractivity contribution in [2.75, 3.05) is 0 Å². The maximum atomic E-state index is 6.19. The van der Waals surface area contributed by atoms with Crippen LogP contribution in [-0.4, -0.2) is 0 Å². The average Bonchev–Trinajstić information content (AvgIpc) is 2.74. The first-order valence-corrected chi connectivity index (χ1v) is 6.75. The van der Waals surface area contributed by atoms with Crippen LogP contribution in [0.5, 0.6) is 0 Å². The molecule has 2 nitrogen and oxygen atoms in total. The van der Waals surface area contributed by atoms with Crippen LogP contribution in [0.1, 0.15) is 17.2 Å². The molecular weight excluding hydrogens is 381 g/mol. The van der Waals surface area contributed by atoms with Crippen molar-refractivity contribution in [3.8, 4) is 0 Å². The molecule has 0 saturated carbocycles. The van der Waals surface area contributed by atoms with Gasteiger partial charge in [0.25, 0.3) is 0 Å². The molecule has 0 fully saturated rings. The predicted molar refractivity (Wildman–Crippen MR) is 76.2 cm³/mol. The molecule has 16 heavy (non-hydrogen) atoms. The molecule has 0 aliphatic heterocycles. The van der Waals surface area contributed by atoms with Gasteiger partial charge in [0, 0.05) is 14.1 Å². The van der Waals surface area contributed by atoms with E-state index in [4.69, 9.17) is 10.2 Å². The third-order valence-electron chi connectivity index (χ3n) is 2.39. The molecule has 84 valence electrons. The first-order chi connectivity index (χ1) is 7.66. The second-order valence-corrected chi connectivity index (χ2v) is 5.69. The molecule has 0 aliphatic rings. The minimum absolute atomic E-state index is 0.00185. The lowest BCUT2D eigenvalue weighted by molar-refractivity contribution is 0.561. The van der Waals surface area contributed by atoms with Crippen LogP contribution in [0.4, 0.5) is 0 Å². The van der Waals surface area contributed by atoms with E-state index < -0.39 is 0 Å². The average molecular weight is 392 g/mol. The van der Waals surface area contributed by atoms with E-state index in [2.05, 4.69) is 50.7 Å². The molecule has 0 amide bonds. The molecule has 1 atom stereocenters. The smallest absolute Gasteiger partial charge is 0.0935 e. The summed E-state index contributed by atoms with van der Waals surface area (Å²) < 4.78 is 7.29. The molecule has 0 radical (unpaired) electrons. The second kappa shape index (κ2) is 5.33. The zero-order chi connectivity index (χ0) is 11.5. The van der Waals surface area contributed by atoms with Crippen LogP contribution in [-0.2, 0) is 6.42 Å². The van der Waals surface area contributed by atoms with Crippen LogP contribution in [0.25, 0.3) is 0 Å². The van der Waals surface area contributed by atoms with Gasteiger partial charge in [0.05, 0.1) is 12.5 Å². The maximum Gasteiger partial charge on any atom is 0.0935 e. The zero-order valence-electron chi connectivity index (χ0n) is 8.49. The van der Waals surface area contributed by atoms with E-state index in [9.17, 15) is 0 Å². The number of furan rings is 1. The van der Waals surface area contributed by atoms with Crippen molar-refractivity contribution in [1.82, 2.24) is 0 Å². The Morgan fingerprint density at radius 2 is 2.19 bits per heavy atom. The maximum absolute atomic E-state index is 6.19. The first kappa shape index (κ1) is 12.1. The van der Waals surface area contributed by atoms with Crippen LogP contribution in [0.3, 0.4) is 0 Å². The quantitative estimate of drug-likeness (QED) is 0.806. The van der Waals surface area contributed by atoms with Gasteiger partial charge in [0.2, 0.25) is 0 Å². The Balaban J connectivity index is 2.20. The van der Waals surface area contributed by atoms with Crippen molar-refractivity contribution in [2.24, 2.45) is 5.73 Å². The number of nitrogens with two attached hydrogens (primary N) is 1. The van der Waals surface area contributed by atoms with Gasteiger partial charge in [-0.05, 0) is 64.4 Å². The molecule has 0 spiro atoms. The van der Waals surface area contributed by atoms with E-state index in [1.165, 1.54) is 3.57 Å². The monoisotopic (exact) mass is 391 g/mol. The van der Waals surface area contributed by atoms with Crippen LogP contribution in [0, 0.1) is 3.57 Å². The lowest BCUT2D eigenvalue weighted by atomic mass is 10.0. The molecule has 2 N–H and O–H groups in total. The van der Waals surface area contributed by atoms with E-state index in [-0.39, 0.29) is 6.04 Å². The third kappa shape index (κ3) is 2.87. The van der Waals surface area contributed by atoms with E-state index in [0.717, 1.165) is 22.0 Å². The number of halogens is 2. The minimum atomic E-state index is 0.00185. The van der Waals surface area contributed by atoms with Gasteiger partial charge in [-0.2, -0.15) is 0 Å². The molecule has 1 unspecified atom stereocenters. The van der Waals surface area contributed by atoms with E-state index in [1.807, 2.05) is 12.1 Å². The van der Waals surface area contributed by atoms with Crippen LogP contribution >= 0.6 is 38.5 Å². The third-order valence-corrected chi connectivity index (χ3v) is 3.87. The van der Waals surface area contributed by atoms with Gasteiger partial charge in [-0.25, -0.2) is 0 Å². The summed E-state index contributed by atoms with van der Waals surface area (Å²) in [5.74, 6) is 0. The highest BCUT2D eigenvalue weighted by Crippen LogP contribution is 2.25. The molecule has 2 aromatic rings. The second-order valence-electron chi connectivity index (χ2n) is 3.61. The highest BCUT2D eigenvalue weighted by atomic mass is 127. The topological polar surface area (TPSA) is 39.2 Å². The van der Waals surface area contributed by atoms with Crippen LogP contribution in [0.15, 0.2) is 45.7 Å². The highest BCUT2D eigenvalue weighted by Gasteiger charge is 2.11. The Morgan fingerprint density at radius 3 is 2.88 bits per heavy atom. The summed E-state index contributed by atoms with van der Waals surface area (Å²) >= 11 is 5.77. The normalized spacial score (nSPS) is 12.7. The van der Waals surface area contributed by atoms with Gasteiger partial charge >= 0.3 is 0 Å². The predicted octanol–water partition coefficient (Wildman–Crippen LogP) is 3.89. The molecular formula is C12H11BrINO. The summed E-state index contributed by atoms with van der Waals surface area (Å²) in [7, 11) is 0. The molecule has 1 heterocycles. The molecule has 2 rings (SSSR count). The molecule has 1 aromatic carbocycles. The summed E-state index contributed by atoms with van der Waals surface area (Å²) in [5, 5.41) is 0. The number of benzene rings is 1.